The summed E-state index contributed by atoms with van der Waals surface area (Å²) >= 11 is 0. The second kappa shape index (κ2) is 5.16. The monoisotopic (exact) mass is 223 g/mol. The summed E-state index contributed by atoms with van der Waals surface area (Å²) in [6, 6.07) is 3.98. The number of carbonyl (C=O) groups is 2. The van der Waals surface area contributed by atoms with E-state index < -0.39 is 11.9 Å². The molecule has 0 aliphatic rings. The maximum Gasteiger partial charge on any atom is 0.335 e. The average Bonchev–Trinajstić information content (AvgIpc) is 2.25. The lowest BCUT2D eigenvalue weighted by molar-refractivity contribution is 0.0696. The smallest absolute Gasteiger partial charge is 0.335 e. The number of rotatable bonds is 5. The molecule has 86 valence electrons. The normalized spacial score (nSPS) is 9.81. The highest BCUT2D eigenvalue weighted by molar-refractivity contribution is 5.95. The van der Waals surface area contributed by atoms with E-state index in [-0.39, 0.29) is 11.1 Å². The molecule has 0 atom stereocenters. The van der Waals surface area contributed by atoms with Gasteiger partial charge in [0.05, 0.1) is 11.1 Å². The van der Waals surface area contributed by atoms with Crippen molar-refractivity contribution in [3.05, 3.63) is 29.3 Å². The van der Waals surface area contributed by atoms with Crippen molar-refractivity contribution in [2.24, 2.45) is 0 Å². The van der Waals surface area contributed by atoms with E-state index in [1.165, 1.54) is 12.1 Å². The van der Waals surface area contributed by atoms with Gasteiger partial charge < -0.3 is 15.5 Å². The van der Waals surface area contributed by atoms with Crippen molar-refractivity contribution in [2.45, 2.75) is 13.3 Å². The van der Waals surface area contributed by atoms with Crippen molar-refractivity contribution in [3.8, 4) is 0 Å². The Bertz CT molecular complexity index is 382. The SMILES string of the molecule is CCCNc1cc(C(=O)O)cc(C(=O)O)c1. The molecule has 0 saturated heterocycles. The topological polar surface area (TPSA) is 86.6 Å². The van der Waals surface area contributed by atoms with Gasteiger partial charge in [-0.15, -0.1) is 0 Å². The molecule has 0 saturated carbocycles. The number of benzene rings is 1. The van der Waals surface area contributed by atoms with Crippen LogP contribution in [0.2, 0.25) is 0 Å². The lowest BCUT2D eigenvalue weighted by Gasteiger charge is -2.07. The summed E-state index contributed by atoms with van der Waals surface area (Å²) in [6.45, 7) is 2.63. The standard InChI is InChI=1S/C11H13NO4/c1-2-3-12-9-5-7(10(13)14)4-8(6-9)11(15)16/h4-6,12H,2-3H2,1H3,(H,13,14)(H,15,16). The minimum Gasteiger partial charge on any atom is -0.478 e. The van der Waals surface area contributed by atoms with Crippen LogP contribution in [0.15, 0.2) is 18.2 Å². The number of anilines is 1. The Labute approximate surface area is 92.7 Å². The molecule has 0 amide bonds. The zero-order valence-electron chi connectivity index (χ0n) is 8.86. The molecule has 0 aliphatic carbocycles. The highest BCUT2D eigenvalue weighted by Gasteiger charge is 2.10. The largest absolute Gasteiger partial charge is 0.478 e. The highest BCUT2D eigenvalue weighted by Crippen LogP contribution is 2.15. The van der Waals surface area contributed by atoms with Crippen molar-refractivity contribution in [3.63, 3.8) is 0 Å². The first-order valence-corrected chi connectivity index (χ1v) is 4.90. The van der Waals surface area contributed by atoms with Crippen molar-refractivity contribution in [2.75, 3.05) is 11.9 Å². The van der Waals surface area contributed by atoms with Crippen LogP contribution in [-0.2, 0) is 0 Å². The van der Waals surface area contributed by atoms with E-state index >= 15 is 0 Å². The predicted molar refractivity (Wildman–Crippen MR) is 59.1 cm³/mol. The minimum absolute atomic E-state index is 0.0292. The first kappa shape index (κ1) is 12.0. The molecule has 5 nitrogen and oxygen atoms in total. The Morgan fingerprint density at radius 1 is 1.12 bits per heavy atom. The van der Waals surface area contributed by atoms with E-state index in [1.54, 1.807) is 0 Å². The maximum absolute atomic E-state index is 10.8. The molecule has 0 fully saturated rings. The van der Waals surface area contributed by atoms with Gasteiger partial charge in [0.25, 0.3) is 0 Å². The number of carboxylic acids is 2. The van der Waals surface area contributed by atoms with Gasteiger partial charge in [0.15, 0.2) is 0 Å². The first-order valence-electron chi connectivity index (χ1n) is 4.90. The summed E-state index contributed by atoms with van der Waals surface area (Å²) in [4.78, 5) is 21.6. The van der Waals surface area contributed by atoms with Crippen LogP contribution in [0.1, 0.15) is 34.1 Å². The summed E-state index contributed by atoms with van der Waals surface area (Å²) < 4.78 is 0. The van der Waals surface area contributed by atoms with Gasteiger partial charge >= 0.3 is 11.9 Å². The van der Waals surface area contributed by atoms with Crippen LogP contribution < -0.4 is 5.32 Å². The molecular formula is C11H13NO4. The molecule has 3 N–H and O–H groups in total. The molecule has 1 rings (SSSR count). The summed E-state index contributed by atoms with van der Waals surface area (Å²) in [5.41, 5.74) is 0.455. The van der Waals surface area contributed by atoms with E-state index in [0.717, 1.165) is 12.5 Å². The lowest BCUT2D eigenvalue weighted by atomic mass is 10.1. The molecule has 1 aromatic carbocycles. The quantitative estimate of drug-likeness (QED) is 0.709. The van der Waals surface area contributed by atoms with Crippen molar-refractivity contribution in [1.29, 1.82) is 0 Å². The second-order valence-electron chi connectivity index (χ2n) is 3.34. The van der Waals surface area contributed by atoms with Gasteiger partial charge in [-0.05, 0) is 24.6 Å². The molecular weight excluding hydrogens is 210 g/mol. The van der Waals surface area contributed by atoms with E-state index in [2.05, 4.69) is 5.32 Å². The molecule has 0 heterocycles. The number of aromatic carboxylic acids is 2. The zero-order chi connectivity index (χ0) is 12.1. The van der Waals surface area contributed by atoms with Gasteiger partial charge in [0.2, 0.25) is 0 Å². The summed E-state index contributed by atoms with van der Waals surface area (Å²) in [5, 5.41) is 20.6. The van der Waals surface area contributed by atoms with E-state index in [4.69, 9.17) is 10.2 Å². The van der Waals surface area contributed by atoms with Crippen molar-refractivity contribution in [1.82, 2.24) is 0 Å². The predicted octanol–water partition coefficient (Wildman–Crippen LogP) is 1.90. The van der Waals surface area contributed by atoms with Crippen LogP contribution in [0, 0.1) is 0 Å². The third-order valence-electron chi connectivity index (χ3n) is 2.01. The fourth-order valence-corrected chi connectivity index (χ4v) is 1.25. The van der Waals surface area contributed by atoms with Gasteiger partial charge in [0, 0.05) is 12.2 Å². The van der Waals surface area contributed by atoms with E-state index in [1.807, 2.05) is 6.92 Å². The Hall–Kier alpha value is -2.04. The van der Waals surface area contributed by atoms with Gasteiger partial charge in [-0.1, -0.05) is 6.92 Å². The number of hydrogen-bond donors (Lipinski definition) is 3. The Kier molecular flexibility index (Phi) is 3.88. The second-order valence-corrected chi connectivity index (χ2v) is 3.34. The number of nitrogens with one attached hydrogen (secondary N) is 1. The lowest BCUT2D eigenvalue weighted by Crippen LogP contribution is -2.06. The van der Waals surface area contributed by atoms with Crippen LogP contribution in [0.3, 0.4) is 0 Å². The fourth-order valence-electron chi connectivity index (χ4n) is 1.25. The molecule has 16 heavy (non-hydrogen) atoms. The van der Waals surface area contributed by atoms with Crippen molar-refractivity contribution >= 4 is 17.6 Å². The third kappa shape index (κ3) is 2.98. The molecule has 0 bridgehead atoms. The first-order chi connectivity index (χ1) is 7.54. The highest BCUT2D eigenvalue weighted by atomic mass is 16.4. The van der Waals surface area contributed by atoms with Crippen LogP contribution >= 0.6 is 0 Å². The molecule has 1 aromatic rings. The van der Waals surface area contributed by atoms with Crippen molar-refractivity contribution < 1.29 is 19.8 Å². The Balaban J connectivity index is 3.08. The van der Waals surface area contributed by atoms with Crippen LogP contribution in [0.4, 0.5) is 5.69 Å². The van der Waals surface area contributed by atoms with Gasteiger partial charge in [-0.3, -0.25) is 0 Å². The Morgan fingerprint density at radius 3 is 2.00 bits per heavy atom. The van der Waals surface area contributed by atoms with E-state index in [0.29, 0.717) is 12.2 Å². The molecule has 0 unspecified atom stereocenters. The summed E-state index contributed by atoms with van der Waals surface area (Å²) in [5.74, 6) is -2.27. The molecule has 0 aliphatic heterocycles. The van der Waals surface area contributed by atoms with Gasteiger partial charge in [-0.25, -0.2) is 9.59 Å². The van der Waals surface area contributed by atoms with Crippen LogP contribution in [0.25, 0.3) is 0 Å². The molecule has 0 spiro atoms. The summed E-state index contributed by atoms with van der Waals surface area (Å²) in [7, 11) is 0. The zero-order valence-corrected chi connectivity index (χ0v) is 8.86. The average molecular weight is 223 g/mol. The fraction of sp³-hybridized carbons (Fsp3) is 0.273. The minimum atomic E-state index is -1.14. The van der Waals surface area contributed by atoms with Crippen LogP contribution in [-0.4, -0.2) is 28.7 Å². The van der Waals surface area contributed by atoms with Crippen LogP contribution in [0.5, 0.6) is 0 Å². The Morgan fingerprint density at radius 2 is 1.62 bits per heavy atom. The maximum atomic E-state index is 10.8. The van der Waals surface area contributed by atoms with Gasteiger partial charge in [-0.2, -0.15) is 0 Å². The van der Waals surface area contributed by atoms with E-state index in [9.17, 15) is 9.59 Å². The number of carboxylic acid groups (broad SMARTS) is 2. The molecule has 0 aromatic heterocycles. The molecule has 0 radical (unpaired) electrons. The number of hydrogen-bond acceptors (Lipinski definition) is 3. The molecule has 5 heteroatoms. The third-order valence-corrected chi connectivity index (χ3v) is 2.01. The van der Waals surface area contributed by atoms with Gasteiger partial charge in [0.1, 0.15) is 0 Å². The summed E-state index contributed by atoms with van der Waals surface area (Å²) in [6.07, 6.45) is 0.875.